The number of aryl methyl sites for hydroxylation is 1. The van der Waals surface area contributed by atoms with Gasteiger partial charge in [-0.2, -0.15) is 0 Å². The van der Waals surface area contributed by atoms with Crippen LogP contribution in [0.1, 0.15) is 17.5 Å². The summed E-state index contributed by atoms with van der Waals surface area (Å²) in [5.41, 5.74) is 3.05. The van der Waals surface area contributed by atoms with Crippen molar-refractivity contribution in [2.24, 2.45) is 0 Å². The second kappa shape index (κ2) is 8.51. The Hall–Kier alpha value is -3.19. The Bertz CT molecular complexity index is 1200. The maximum atomic E-state index is 13.3. The molecule has 0 atom stereocenters. The predicted molar refractivity (Wildman–Crippen MR) is 119 cm³/mol. The van der Waals surface area contributed by atoms with E-state index in [2.05, 4.69) is 0 Å². The van der Waals surface area contributed by atoms with Crippen molar-refractivity contribution in [1.82, 2.24) is 0 Å². The molecule has 0 saturated carbocycles. The van der Waals surface area contributed by atoms with E-state index in [-0.39, 0.29) is 17.2 Å². The Morgan fingerprint density at radius 1 is 1.03 bits per heavy atom. The van der Waals surface area contributed by atoms with Crippen molar-refractivity contribution < 1.29 is 17.6 Å². The number of carbonyl (C=O) groups is 1. The minimum absolute atomic E-state index is 0.0482. The molecule has 0 aromatic heterocycles. The van der Waals surface area contributed by atoms with Crippen LogP contribution in [0.25, 0.3) is 0 Å². The van der Waals surface area contributed by atoms with Crippen molar-refractivity contribution in [3.8, 4) is 0 Å². The topological polar surface area (TPSA) is 57.7 Å². The van der Waals surface area contributed by atoms with Gasteiger partial charge in [0.25, 0.3) is 10.0 Å². The Morgan fingerprint density at radius 3 is 2.45 bits per heavy atom. The number of carbonyl (C=O) groups excluding carboxylic acids is 1. The largest absolute Gasteiger partial charge is 0.315 e. The summed E-state index contributed by atoms with van der Waals surface area (Å²) in [6, 6.07) is 19.8. The lowest BCUT2D eigenvalue weighted by Gasteiger charge is -2.31. The zero-order valence-corrected chi connectivity index (χ0v) is 18.0. The molecule has 5 nitrogen and oxygen atoms in total. The second-order valence-corrected chi connectivity index (χ2v) is 9.43. The van der Waals surface area contributed by atoms with E-state index in [4.69, 9.17) is 0 Å². The molecule has 1 heterocycles. The van der Waals surface area contributed by atoms with Crippen molar-refractivity contribution in [2.75, 3.05) is 22.8 Å². The molecule has 1 aliphatic heterocycles. The lowest BCUT2D eigenvalue weighted by atomic mass is 10.00. The van der Waals surface area contributed by atoms with Gasteiger partial charge in [0.15, 0.2) is 0 Å². The summed E-state index contributed by atoms with van der Waals surface area (Å²) in [5, 5.41) is 0. The molecule has 31 heavy (non-hydrogen) atoms. The Labute approximate surface area is 181 Å². The summed E-state index contributed by atoms with van der Waals surface area (Å²) < 4.78 is 41.1. The van der Waals surface area contributed by atoms with Crippen LogP contribution in [0.15, 0.2) is 77.7 Å². The number of benzene rings is 3. The predicted octanol–water partition coefficient (Wildman–Crippen LogP) is 4.17. The van der Waals surface area contributed by atoms with E-state index < -0.39 is 15.8 Å². The molecule has 160 valence electrons. The van der Waals surface area contributed by atoms with Gasteiger partial charge < -0.3 is 4.90 Å². The van der Waals surface area contributed by atoms with Gasteiger partial charge in [0, 0.05) is 19.3 Å². The molecule has 0 unspecified atom stereocenters. The van der Waals surface area contributed by atoms with E-state index in [0.29, 0.717) is 18.7 Å². The molecule has 0 fully saturated rings. The fraction of sp³-hybridized carbons (Fsp3) is 0.208. The van der Waals surface area contributed by atoms with Crippen LogP contribution in [-0.4, -0.2) is 27.9 Å². The first-order valence-corrected chi connectivity index (χ1v) is 11.5. The number of rotatable bonds is 5. The van der Waals surface area contributed by atoms with E-state index in [0.717, 1.165) is 35.4 Å². The first-order valence-electron chi connectivity index (χ1n) is 10.1. The summed E-state index contributed by atoms with van der Waals surface area (Å²) >= 11 is 0. The summed E-state index contributed by atoms with van der Waals surface area (Å²) in [6.07, 6.45) is 1.62. The summed E-state index contributed by atoms with van der Waals surface area (Å²) in [6.45, 7) is 0.341. The quantitative estimate of drug-likeness (QED) is 0.601. The smallest absolute Gasteiger partial charge is 0.264 e. The number of halogens is 1. The molecule has 0 radical (unpaired) electrons. The van der Waals surface area contributed by atoms with Gasteiger partial charge in [-0.15, -0.1) is 0 Å². The van der Waals surface area contributed by atoms with Crippen LogP contribution in [0, 0.1) is 5.82 Å². The fourth-order valence-electron chi connectivity index (χ4n) is 3.77. The lowest BCUT2D eigenvalue weighted by molar-refractivity contribution is -0.117. The number of hydrogen-bond donors (Lipinski definition) is 0. The number of sulfonamides is 1. The highest BCUT2D eigenvalue weighted by atomic mass is 32.2. The molecule has 7 heteroatoms. The number of nitrogens with zero attached hydrogens (tertiary/aromatic N) is 2. The van der Waals surface area contributed by atoms with Gasteiger partial charge in [-0.25, -0.2) is 12.8 Å². The lowest BCUT2D eigenvalue weighted by Crippen LogP contribution is -2.35. The Kier molecular flexibility index (Phi) is 5.78. The zero-order valence-electron chi connectivity index (χ0n) is 17.2. The average molecular weight is 439 g/mol. The highest BCUT2D eigenvalue weighted by molar-refractivity contribution is 7.92. The molecule has 1 aliphatic rings. The highest BCUT2D eigenvalue weighted by Gasteiger charge is 2.29. The highest BCUT2D eigenvalue weighted by Crippen LogP contribution is 2.33. The molecule has 4 rings (SSSR count). The Balaban J connectivity index is 1.62. The summed E-state index contributed by atoms with van der Waals surface area (Å²) in [7, 11) is -2.10. The number of anilines is 2. The van der Waals surface area contributed by atoms with Crippen LogP contribution >= 0.6 is 0 Å². The van der Waals surface area contributed by atoms with Crippen LogP contribution in [-0.2, 0) is 27.7 Å². The number of likely N-dealkylation sites (N-methyl/N-ethyl adjacent to an activating group) is 1. The van der Waals surface area contributed by atoms with Crippen LogP contribution < -0.4 is 9.21 Å². The molecule has 3 aromatic carbocycles. The van der Waals surface area contributed by atoms with Gasteiger partial charge in [0.05, 0.1) is 17.0 Å². The van der Waals surface area contributed by atoms with Crippen LogP contribution in [0.3, 0.4) is 0 Å². The molecule has 1 amide bonds. The van der Waals surface area contributed by atoms with E-state index in [9.17, 15) is 17.6 Å². The molecule has 0 aliphatic carbocycles. The third kappa shape index (κ3) is 4.32. The third-order valence-electron chi connectivity index (χ3n) is 5.50. The van der Waals surface area contributed by atoms with Gasteiger partial charge in [-0.3, -0.25) is 9.10 Å². The van der Waals surface area contributed by atoms with Crippen LogP contribution in [0.2, 0.25) is 0 Å². The first kappa shape index (κ1) is 21.1. The van der Waals surface area contributed by atoms with E-state index in [1.807, 2.05) is 42.5 Å². The van der Waals surface area contributed by atoms with Crippen molar-refractivity contribution >= 4 is 27.3 Å². The number of amides is 1. The van der Waals surface area contributed by atoms with E-state index in [1.165, 1.54) is 16.4 Å². The van der Waals surface area contributed by atoms with Crippen molar-refractivity contribution in [3.63, 3.8) is 0 Å². The SMILES string of the molecule is CN(C(=O)Cc1ccc2c(c1)N(S(=O)(=O)c1ccc(F)cc1)CCC2)c1ccccc1. The van der Waals surface area contributed by atoms with Crippen molar-refractivity contribution in [3.05, 3.63) is 89.7 Å². The number of para-hydroxylation sites is 1. The van der Waals surface area contributed by atoms with Gasteiger partial charge in [0.2, 0.25) is 5.91 Å². The first-order chi connectivity index (χ1) is 14.9. The van der Waals surface area contributed by atoms with E-state index >= 15 is 0 Å². The maximum absolute atomic E-state index is 13.3. The van der Waals surface area contributed by atoms with Gasteiger partial charge >= 0.3 is 0 Å². The zero-order chi connectivity index (χ0) is 22.0. The molecule has 0 spiro atoms. The summed E-state index contributed by atoms with van der Waals surface area (Å²) in [5.74, 6) is -0.573. The number of fused-ring (bicyclic) bond motifs is 1. The van der Waals surface area contributed by atoms with Gasteiger partial charge in [-0.1, -0.05) is 30.3 Å². The van der Waals surface area contributed by atoms with Crippen LogP contribution in [0.4, 0.5) is 15.8 Å². The minimum atomic E-state index is -3.83. The second-order valence-electron chi connectivity index (χ2n) is 7.56. The molecule has 0 N–H and O–H groups in total. The summed E-state index contributed by atoms with van der Waals surface area (Å²) in [4.78, 5) is 14.4. The fourth-order valence-corrected chi connectivity index (χ4v) is 5.30. The molecular weight excluding hydrogens is 415 g/mol. The van der Waals surface area contributed by atoms with Crippen molar-refractivity contribution in [1.29, 1.82) is 0 Å². The molecule has 0 saturated heterocycles. The van der Waals surface area contributed by atoms with Gasteiger partial charge in [-0.05, 0) is 66.4 Å². The Morgan fingerprint density at radius 2 is 1.74 bits per heavy atom. The van der Waals surface area contributed by atoms with Crippen LogP contribution in [0.5, 0.6) is 0 Å². The normalized spacial score (nSPS) is 13.5. The minimum Gasteiger partial charge on any atom is -0.315 e. The van der Waals surface area contributed by atoms with E-state index in [1.54, 1.807) is 18.0 Å². The molecule has 3 aromatic rings. The third-order valence-corrected chi connectivity index (χ3v) is 7.33. The maximum Gasteiger partial charge on any atom is 0.264 e. The standard InChI is InChI=1S/C24H23FN2O3S/c1-26(21-7-3-2-4-8-21)24(28)17-18-9-10-19-6-5-15-27(23(19)16-18)31(29,30)22-13-11-20(25)12-14-22/h2-4,7-14,16H,5-6,15,17H2,1H3. The monoisotopic (exact) mass is 438 g/mol. The van der Waals surface area contributed by atoms with Gasteiger partial charge in [0.1, 0.15) is 5.82 Å². The average Bonchev–Trinajstić information content (AvgIpc) is 2.79. The molecule has 0 bridgehead atoms. The van der Waals surface area contributed by atoms with Crippen molar-refractivity contribution in [2.45, 2.75) is 24.2 Å². The number of hydrogen-bond acceptors (Lipinski definition) is 3. The molecular formula is C24H23FN2O3S.